The zero-order valence-electron chi connectivity index (χ0n) is 13.8. The third kappa shape index (κ3) is 5.03. The maximum absolute atomic E-state index is 12.1. The molecule has 1 aliphatic heterocycles. The molecule has 132 valence electrons. The number of amides is 1. The number of anilines is 1. The maximum Gasteiger partial charge on any atom is 0.270 e. The molecule has 1 aromatic carbocycles. The smallest absolute Gasteiger partial charge is 0.270 e. The molecule has 3 rings (SSSR count). The predicted octanol–water partition coefficient (Wildman–Crippen LogP) is 1.65. The van der Waals surface area contributed by atoms with Crippen LogP contribution in [-0.2, 0) is 16.3 Å². The van der Waals surface area contributed by atoms with E-state index in [1.165, 1.54) is 5.56 Å². The molecular formula is C18H21N3O3S. The van der Waals surface area contributed by atoms with Crippen LogP contribution in [0.15, 0.2) is 48.7 Å². The molecule has 6 nitrogen and oxygen atoms in total. The van der Waals surface area contributed by atoms with Crippen LogP contribution in [0, 0.1) is 0 Å². The normalized spacial score (nSPS) is 18.6. The molecule has 25 heavy (non-hydrogen) atoms. The number of rotatable bonds is 6. The van der Waals surface area contributed by atoms with E-state index in [-0.39, 0.29) is 29.1 Å². The van der Waals surface area contributed by atoms with E-state index in [9.17, 15) is 13.2 Å². The minimum absolute atomic E-state index is 0.0118. The van der Waals surface area contributed by atoms with Gasteiger partial charge in [0.15, 0.2) is 9.84 Å². The van der Waals surface area contributed by atoms with Gasteiger partial charge in [-0.05, 0) is 30.5 Å². The molecule has 1 fully saturated rings. The topological polar surface area (TPSA) is 88.2 Å². The van der Waals surface area contributed by atoms with E-state index in [4.69, 9.17) is 0 Å². The summed E-state index contributed by atoms with van der Waals surface area (Å²) in [4.78, 5) is 16.3. The molecule has 1 saturated heterocycles. The molecule has 2 N–H and O–H groups in total. The van der Waals surface area contributed by atoms with Gasteiger partial charge >= 0.3 is 0 Å². The largest absolute Gasteiger partial charge is 0.383 e. The second kappa shape index (κ2) is 7.65. The van der Waals surface area contributed by atoms with Gasteiger partial charge in [-0.2, -0.15) is 0 Å². The molecular weight excluding hydrogens is 338 g/mol. The standard InChI is InChI=1S/C18H21N3O3S/c22-18(21-16-9-11-25(23,24)13-16)17-7-6-15(12-20-17)19-10-8-14-4-2-1-3-5-14/h1-7,12,16,19H,8-11,13H2,(H,21,22). The predicted molar refractivity (Wildman–Crippen MR) is 97.4 cm³/mol. The lowest BCUT2D eigenvalue weighted by Crippen LogP contribution is -2.36. The van der Waals surface area contributed by atoms with Crippen LogP contribution in [0.4, 0.5) is 5.69 Å². The summed E-state index contributed by atoms with van der Waals surface area (Å²) in [6, 6.07) is 13.3. The van der Waals surface area contributed by atoms with Crippen LogP contribution < -0.4 is 10.6 Å². The average molecular weight is 359 g/mol. The number of hydrogen-bond acceptors (Lipinski definition) is 5. The Bertz CT molecular complexity index is 820. The Morgan fingerprint density at radius 3 is 2.60 bits per heavy atom. The molecule has 1 aliphatic rings. The van der Waals surface area contributed by atoms with Gasteiger partial charge in [-0.15, -0.1) is 0 Å². The van der Waals surface area contributed by atoms with Crippen molar-refractivity contribution in [2.24, 2.45) is 0 Å². The van der Waals surface area contributed by atoms with Gasteiger partial charge in [0.25, 0.3) is 5.91 Å². The Kier molecular flexibility index (Phi) is 5.33. The van der Waals surface area contributed by atoms with Gasteiger partial charge in [0.1, 0.15) is 5.69 Å². The first kappa shape index (κ1) is 17.4. The number of pyridine rings is 1. The lowest BCUT2D eigenvalue weighted by atomic mass is 10.1. The van der Waals surface area contributed by atoms with Crippen LogP contribution in [0.1, 0.15) is 22.5 Å². The van der Waals surface area contributed by atoms with Crippen molar-refractivity contribution in [1.29, 1.82) is 0 Å². The van der Waals surface area contributed by atoms with Crippen molar-refractivity contribution in [2.75, 3.05) is 23.4 Å². The van der Waals surface area contributed by atoms with Crippen LogP contribution in [-0.4, -0.2) is 43.4 Å². The Balaban J connectivity index is 1.49. The Morgan fingerprint density at radius 1 is 1.16 bits per heavy atom. The molecule has 0 saturated carbocycles. The van der Waals surface area contributed by atoms with Crippen molar-refractivity contribution in [3.63, 3.8) is 0 Å². The fourth-order valence-electron chi connectivity index (χ4n) is 2.80. The molecule has 0 spiro atoms. The molecule has 0 bridgehead atoms. The summed E-state index contributed by atoms with van der Waals surface area (Å²) in [6.45, 7) is 0.775. The second-order valence-corrected chi connectivity index (χ2v) is 8.40. The zero-order valence-corrected chi connectivity index (χ0v) is 14.6. The molecule has 1 atom stereocenters. The monoisotopic (exact) mass is 359 g/mol. The Morgan fingerprint density at radius 2 is 1.96 bits per heavy atom. The first-order chi connectivity index (χ1) is 12.0. The summed E-state index contributed by atoms with van der Waals surface area (Å²) in [5.74, 6) is -0.189. The quantitative estimate of drug-likeness (QED) is 0.819. The van der Waals surface area contributed by atoms with Crippen LogP contribution in [0.2, 0.25) is 0 Å². The van der Waals surface area contributed by atoms with Crippen molar-refractivity contribution in [1.82, 2.24) is 10.3 Å². The zero-order chi connectivity index (χ0) is 17.7. The molecule has 1 unspecified atom stereocenters. The van der Waals surface area contributed by atoms with E-state index in [2.05, 4.69) is 27.8 Å². The SMILES string of the molecule is O=C(NC1CCS(=O)(=O)C1)c1ccc(NCCc2ccccc2)cn1. The lowest BCUT2D eigenvalue weighted by molar-refractivity contribution is 0.0936. The summed E-state index contributed by atoms with van der Waals surface area (Å²) < 4.78 is 22.9. The molecule has 7 heteroatoms. The van der Waals surface area contributed by atoms with E-state index in [1.807, 2.05) is 18.2 Å². The van der Waals surface area contributed by atoms with Crippen molar-refractivity contribution < 1.29 is 13.2 Å². The second-order valence-electron chi connectivity index (χ2n) is 6.17. The minimum Gasteiger partial charge on any atom is -0.383 e. The van der Waals surface area contributed by atoms with Crippen molar-refractivity contribution in [2.45, 2.75) is 18.9 Å². The number of hydrogen-bond donors (Lipinski definition) is 2. The molecule has 0 aliphatic carbocycles. The lowest BCUT2D eigenvalue weighted by Gasteiger charge is -2.11. The van der Waals surface area contributed by atoms with Gasteiger partial charge in [-0.25, -0.2) is 13.4 Å². The number of aromatic nitrogens is 1. The van der Waals surface area contributed by atoms with Crippen LogP contribution in [0.3, 0.4) is 0 Å². The van der Waals surface area contributed by atoms with E-state index in [0.717, 1.165) is 18.7 Å². The highest BCUT2D eigenvalue weighted by Crippen LogP contribution is 2.12. The van der Waals surface area contributed by atoms with Crippen LogP contribution in [0.5, 0.6) is 0 Å². The third-order valence-corrected chi connectivity index (χ3v) is 5.92. The Hall–Kier alpha value is -2.41. The number of nitrogens with zero attached hydrogens (tertiary/aromatic N) is 1. The van der Waals surface area contributed by atoms with Gasteiger partial charge in [-0.1, -0.05) is 30.3 Å². The van der Waals surface area contributed by atoms with Gasteiger partial charge in [0.2, 0.25) is 0 Å². The highest BCUT2D eigenvalue weighted by Gasteiger charge is 2.29. The van der Waals surface area contributed by atoms with Crippen molar-refractivity contribution in [3.05, 3.63) is 59.9 Å². The number of carbonyl (C=O) groups is 1. The summed E-state index contributed by atoms with van der Waals surface area (Å²) in [5, 5.41) is 6.00. The number of benzene rings is 1. The maximum atomic E-state index is 12.1. The Labute approximate surface area is 147 Å². The third-order valence-electron chi connectivity index (χ3n) is 4.15. The summed E-state index contributed by atoms with van der Waals surface area (Å²) >= 11 is 0. The number of nitrogens with one attached hydrogen (secondary N) is 2. The number of sulfone groups is 1. The van der Waals surface area contributed by atoms with Crippen LogP contribution in [0.25, 0.3) is 0 Å². The molecule has 0 radical (unpaired) electrons. The van der Waals surface area contributed by atoms with Gasteiger partial charge in [0.05, 0.1) is 23.4 Å². The van der Waals surface area contributed by atoms with Crippen LogP contribution >= 0.6 is 0 Å². The van der Waals surface area contributed by atoms with E-state index >= 15 is 0 Å². The van der Waals surface area contributed by atoms with E-state index < -0.39 is 9.84 Å². The minimum atomic E-state index is -3.01. The molecule has 1 aromatic heterocycles. The first-order valence-corrected chi connectivity index (χ1v) is 10.1. The average Bonchev–Trinajstić information content (AvgIpc) is 2.95. The number of carbonyl (C=O) groups excluding carboxylic acids is 1. The first-order valence-electron chi connectivity index (χ1n) is 8.27. The van der Waals surface area contributed by atoms with Gasteiger partial charge in [0, 0.05) is 12.6 Å². The highest BCUT2D eigenvalue weighted by atomic mass is 32.2. The van der Waals surface area contributed by atoms with Gasteiger partial charge in [-0.3, -0.25) is 4.79 Å². The van der Waals surface area contributed by atoms with Crippen molar-refractivity contribution >= 4 is 21.4 Å². The summed E-state index contributed by atoms with van der Waals surface area (Å²) in [6.07, 6.45) is 2.98. The summed E-state index contributed by atoms with van der Waals surface area (Å²) in [5.41, 5.74) is 2.39. The van der Waals surface area contributed by atoms with Crippen molar-refractivity contribution in [3.8, 4) is 0 Å². The van der Waals surface area contributed by atoms with E-state index in [1.54, 1.807) is 18.3 Å². The highest BCUT2D eigenvalue weighted by molar-refractivity contribution is 7.91. The fourth-order valence-corrected chi connectivity index (χ4v) is 4.47. The summed E-state index contributed by atoms with van der Waals surface area (Å²) in [7, 11) is -3.01. The molecule has 2 aromatic rings. The van der Waals surface area contributed by atoms with Gasteiger partial charge < -0.3 is 10.6 Å². The fraction of sp³-hybridized carbons (Fsp3) is 0.333. The van der Waals surface area contributed by atoms with E-state index in [0.29, 0.717) is 6.42 Å². The molecule has 2 heterocycles. The molecule has 1 amide bonds.